The van der Waals surface area contributed by atoms with Crippen molar-refractivity contribution in [1.29, 1.82) is 0 Å². The molecule has 0 aliphatic rings. The Morgan fingerprint density at radius 1 is 1.22 bits per heavy atom. The molecule has 2 heterocycles. The van der Waals surface area contributed by atoms with Gasteiger partial charge in [0.2, 0.25) is 0 Å². The minimum Gasteiger partial charge on any atom is -0.333 e. The summed E-state index contributed by atoms with van der Waals surface area (Å²) in [5.41, 5.74) is 4.44. The average Bonchev–Trinajstić information content (AvgIpc) is 2.67. The first-order chi connectivity index (χ1) is 8.45. The molecule has 0 saturated heterocycles. The molecule has 2 rings (SSSR count). The van der Waals surface area contributed by atoms with Crippen LogP contribution < -0.4 is 0 Å². The number of nitrogens with zero attached hydrogens (tertiary/aromatic N) is 3. The molecule has 0 aromatic carbocycles. The van der Waals surface area contributed by atoms with Crippen LogP contribution in [-0.2, 0) is 14.1 Å². The van der Waals surface area contributed by atoms with Crippen LogP contribution in [0.3, 0.4) is 0 Å². The number of aldehydes is 1. The summed E-state index contributed by atoms with van der Waals surface area (Å²) in [6.45, 7) is 4.01. The van der Waals surface area contributed by atoms with Crippen molar-refractivity contribution in [3.63, 3.8) is 0 Å². The van der Waals surface area contributed by atoms with Gasteiger partial charge >= 0.3 is 0 Å². The zero-order valence-corrected chi connectivity index (χ0v) is 11.7. The van der Waals surface area contributed by atoms with E-state index >= 15 is 0 Å². The molecule has 94 valence electrons. The second-order valence-electron chi connectivity index (χ2n) is 4.42. The number of rotatable bonds is 2. The Morgan fingerprint density at radius 3 is 2.44 bits per heavy atom. The third kappa shape index (κ3) is 1.90. The fourth-order valence-electron chi connectivity index (χ4n) is 2.17. The highest BCUT2D eigenvalue weighted by Crippen LogP contribution is 2.23. The van der Waals surface area contributed by atoms with Crippen LogP contribution in [0.1, 0.15) is 21.6 Å². The highest BCUT2D eigenvalue weighted by atomic mass is 32.1. The maximum absolute atomic E-state index is 10.9. The molecule has 0 saturated carbocycles. The Hall–Kier alpha value is -1.75. The molecule has 2 aromatic rings. The van der Waals surface area contributed by atoms with Crippen LogP contribution in [0.5, 0.6) is 0 Å². The van der Waals surface area contributed by atoms with E-state index in [0.717, 1.165) is 33.4 Å². The van der Waals surface area contributed by atoms with Crippen LogP contribution in [0.15, 0.2) is 12.1 Å². The Balaban J connectivity index is 2.74. The van der Waals surface area contributed by atoms with Crippen molar-refractivity contribution in [3.05, 3.63) is 33.6 Å². The second-order valence-corrected chi connectivity index (χ2v) is 4.81. The van der Waals surface area contributed by atoms with Crippen molar-refractivity contribution in [2.75, 3.05) is 0 Å². The van der Waals surface area contributed by atoms with Gasteiger partial charge in [0.15, 0.2) is 6.29 Å². The van der Waals surface area contributed by atoms with E-state index in [1.165, 1.54) is 0 Å². The molecule has 0 atom stereocenters. The van der Waals surface area contributed by atoms with E-state index in [1.54, 1.807) is 17.8 Å². The molecule has 0 aliphatic carbocycles. The molecule has 0 spiro atoms. The number of carbonyl (C=O) groups is 1. The van der Waals surface area contributed by atoms with E-state index in [0.29, 0.717) is 5.69 Å². The van der Waals surface area contributed by atoms with Crippen molar-refractivity contribution in [3.8, 4) is 11.4 Å². The van der Waals surface area contributed by atoms with Crippen molar-refractivity contribution in [2.24, 2.45) is 14.1 Å². The maximum Gasteiger partial charge on any atom is 0.168 e. The maximum atomic E-state index is 10.9. The van der Waals surface area contributed by atoms with Crippen molar-refractivity contribution in [1.82, 2.24) is 14.3 Å². The van der Waals surface area contributed by atoms with Gasteiger partial charge in [-0.15, -0.1) is 0 Å². The molecule has 0 N–H and O–H groups in total. The lowest BCUT2D eigenvalue weighted by atomic mass is 10.1. The van der Waals surface area contributed by atoms with Gasteiger partial charge in [0.05, 0.1) is 5.69 Å². The van der Waals surface area contributed by atoms with Crippen molar-refractivity contribution < 1.29 is 4.79 Å². The number of aryl methyl sites for hydroxylation is 3. The number of aromatic nitrogens is 3. The lowest BCUT2D eigenvalue weighted by molar-refractivity contribution is 0.111. The number of pyridine rings is 1. The summed E-state index contributed by atoms with van der Waals surface area (Å²) in [7, 11) is 3.68. The van der Waals surface area contributed by atoms with Gasteiger partial charge in [-0.05, 0) is 31.0 Å². The first-order valence-electron chi connectivity index (χ1n) is 5.62. The number of hydrogen-bond donors (Lipinski definition) is 0. The monoisotopic (exact) mass is 261 g/mol. The molecule has 5 heteroatoms. The molecular formula is C13H15N3OS. The van der Waals surface area contributed by atoms with E-state index in [2.05, 4.69) is 5.10 Å². The van der Waals surface area contributed by atoms with Crippen LogP contribution >= 0.6 is 12.2 Å². The standard InChI is InChI=1S/C13H15N3OS/c1-8-5-9(2)13(18)15(3)12(8)11-6-10(7-17)16(4)14-11/h5-7H,1-4H3. The Kier molecular flexibility index (Phi) is 3.17. The highest BCUT2D eigenvalue weighted by molar-refractivity contribution is 7.71. The predicted octanol–water partition coefficient (Wildman–Crippen LogP) is 2.58. The van der Waals surface area contributed by atoms with E-state index in [4.69, 9.17) is 12.2 Å². The third-order valence-corrected chi connectivity index (χ3v) is 3.66. The van der Waals surface area contributed by atoms with Crippen LogP contribution in [0.2, 0.25) is 0 Å². The average molecular weight is 261 g/mol. The minimum absolute atomic E-state index is 0.552. The fourth-order valence-corrected chi connectivity index (χ4v) is 2.32. The van der Waals surface area contributed by atoms with Gasteiger partial charge in [0.25, 0.3) is 0 Å². The molecule has 0 amide bonds. The summed E-state index contributed by atoms with van der Waals surface area (Å²) < 4.78 is 4.30. The molecular weight excluding hydrogens is 246 g/mol. The summed E-state index contributed by atoms with van der Waals surface area (Å²) in [5.74, 6) is 0. The van der Waals surface area contributed by atoms with Gasteiger partial charge in [0, 0.05) is 14.1 Å². The summed E-state index contributed by atoms with van der Waals surface area (Å²) in [6.07, 6.45) is 0.800. The number of carbonyl (C=O) groups excluding carboxylic acids is 1. The summed E-state index contributed by atoms with van der Waals surface area (Å²) >= 11 is 5.37. The van der Waals surface area contributed by atoms with Gasteiger partial charge in [0.1, 0.15) is 16.0 Å². The Labute approximate surface area is 111 Å². The fraction of sp³-hybridized carbons (Fsp3) is 0.308. The zero-order valence-electron chi connectivity index (χ0n) is 10.9. The topological polar surface area (TPSA) is 39.8 Å². The minimum atomic E-state index is 0.552. The number of hydrogen-bond acceptors (Lipinski definition) is 3. The lowest BCUT2D eigenvalue weighted by Gasteiger charge is -2.12. The zero-order chi connectivity index (χ0) is 13.4. The van der Waals surface area contributed by atoms with Crippen LogP contribution in [-0.4, -0.2) is 20.6 Å². The first-order valence-corrected chi connectivity index (χ1v) is 6.03. The van der Waals surface area contributed by atoms with Gasteiger partial charge in [-0.1, -0.05) is 18.3 Å². The Morgan fingerprint density at radius 2 is 1.89 bits per heavy atom. The SMILES string of the molecule is Cc1cc(C)c(=S)n(C)c1-c1cc(C=O)n(C)n1. The predicted molar refractivity (Wildman–Crippen MR) is 73.3 cm³/mol. The second kappa shape index (κ2) is 4.49. The van der Waals surface area contributed by atoms with E-state index in [-0.39, 0.29) is 0 Å². The van der Waals surface area contributed by atoms with Crippen molar-refractivity contribution in [2.45, 2.75) is 13.8 Å². The first kappa shape index (κ1) is 12.7. The smallest absolute Gasteiger partial charge is 0.168 e. The third-order valence-electron chi connectivity index (χ3n) is 3.06. The van der Waals surface area contributed by atoms with Gasteiger partial charge in [-0.3, -0.25) is 9.48 Å². The van der Waals surface area contributed by atoms with Crippen LogP contribution in [0.25, 0.3) is 11.4 Å². The van der Waals surface area contributed by atoms with Gasteiger partial charge in [-0.2, -0.15) is 5.10 Å². The summed E-state index contributed by atoms with van der Waals surface area (Å²) in [5, 5.41) is 4.36. The van der Waals surface area contributed by atoms with E-state index < -0.39 is 0 Å². The molecule has 4 nitrogen and oxygen atoms in total. The summed E-state index contributed by atoms with van der Waals surface area (Å²) in [6, 6.07) is 3.83. The van der Waals surface area contributed by atoms with Crippen molar-refractivity contribution >= 4 is 18.5 Å². The van der Waals surface area contributed by atoms with Crippen LogP contribution in [0, 0.1) is 18.5 Å². The molecule has 2 aromatic heterocycles. The quantitative estimate of drug-likeness (QED) is 0.616. The van der Waals surface area contributed by atoms with E-state index in [1.807, 2.05) is 31.5 Å². The lowest BCUT2D eigenvalue weighted by Crippen LogP contribution is -2.03. The Bertz CT molecular complexity index is 682. The normalized spacial score (nSPS) is 10.7. The van der Waals surface area contributed by atoms with E-state index in [9.17, 15) is 4.79 Å². The largest absolute Gasteiger partial charge is 0.333 e. The molecule has 0 fully saturated rings. The van der Waals surface area contributed by atoms with Crippen LogP contribution in [0.4, 0.5) is 0 Å². The molecule has 0 radical (unpaired) electrons. The van der Waals surface area contributed by atoms with Gasteiger partial charge < -0.3 is 4.57 Å². The molecule has 0 bridgehead atoms. The molecule has 18 heavy (non-hydrogen) atoms. The molecule has 0 aliphatic heterocycles. The summed E-state index contributed by atoms with van der Waals surface area (Å²) in [4.78, 5) is 10.9. The molecule has 0 unspecified atom stereocenters. The highest BCUT2D eigenvalue weighted by Gasteiger charge is 2.12. The van der Waals surface area contributed by atoms with Gasteiger partial charge in [-0.25, -0.2) is 0 Å².